The summed E-state index contributed by atoms with van der Waals surface area (Å²) in [5.74, 6) is -1.65. The van der Waals surface area contributed by atoms with Crippen LogP contribution in [0.4, 0.5) is 8.78 Å². The van der Waals surface area contributed by atoms with Crippen LogP contribution in [-0.2, 0) is 0 Å². The maximum Gasteiger partial charge on any atom is 0.201 e. The van der Waals surface area contributed by atoms with E-state index in [2.05, 4.69) is 0 Å². The van der Waals surface area contributed by atoms with Crippen LogP contribution in [0.3, 0.4) is 0 Å². The number of ketones is 2. The molecule has 0 aliphatic heterocycles. The topological polar surface area (TPSA) is 34.1 Å². The van der Waals surface area contributed by atoms with E-state index < -0.39 is 23.9 Å². The van der Waals surface area contributed by atoms with Crippen LogP contribution in [0.15, 0.2) is 48.5 Å². The molecule has 2 aromatic rings. The van der Waals surface area contributed by atoms with Crippen LogP contribution in [0.2, 0.25) is 5.02 Å². The van der Waals surface area contributed by atoms with Gasteiger partial charge in [-0.15, -0.1) is 0 Å². The minimum atomic E-state index is -2.04. The Bertz CT molecular complexity index is 696. The lowest BCUT2D eigenvalue weighted by Crippen LogP contribution is -2.17. The maximum absolute atomic E-state index is 14.5. The molecule has 0 aromatic heterocycles. The first-order valence-corrected chi connectivity index (χ1v) is 7.00. The molecule has 2 atom stereocenters. The average Bonchev–Trinajstić information content (AvgIpc) is 2.53. The highest BCUT2D eigenvalue weighted by atomic mass is 35.5. The van der Waals surface area contributed by atoms with Crippen molar-refractivity contribution in [2.75, 3.05) is 0 Å². The SMILES string of the molecule is C[C@@H](F)C(=O)c1ccccc1[C@@H](F)C(=O)c1ccc(Cl)cc1. The second-order valence-electron chi connectivity index (χ2n) is 4.80. The summed E-state index contributed by atoms with van der Waals surface area (Å²) >= 11 is 5.72. The third kappa shape index (κ3) is 3.39. The Morgan fingerprint density at radius 3 is 2.14 bits per heavy atom. The molecule has 0 unspecified atom stereocenters. The Hall–Kier alpha value is -2.07. The summed E-state index contributed by atoms with van der Waals surface area (Å²) < 4.78 is 27.8. The predicted molar refractivity (Wildman–Crippen MR) is 81.0 cm³/mol. The Kier molecular flexibility index (Phi) is 5.03. The lowest BCUT2D eigenvalue weighted by atomic mass is 9.94. The minimum absolute atomic E-state index is 0.118. The molecular formula is C17H13ClF2O2. The largest absolute Gasteiger partial charge is 0.291 e. The van der Waals surface area contributed by atoms with Crippen LogP contribution in [-0.4, -0.2) is 17.7 Å². The molecule has 0 fully saturated rings. The van der Waals surface area contributed by atoms with E-state index in [-0.39, 0.29) is 16.7 Å². The van der Waals surface area contributed by atoms with Gasteiger partial charge in [-0.2, -0.15) is 0 Å². The first kappa shape index (κ1) is 16.3. The third-order valence-corrected chi connectivity index (χ3v) is 3.47. The van der Waals surface area contributed by atoms with Gasteiger partial charge in [-0.05, 0) is 31.2 Å². The molecular weight excluding hydrogens is 310 g/mol. The molecule has 5 heteroatoms. The molecule has 2 aromatic carbocycles. The number of benzene rings is 2. The predicted octanol–water partition coefficient (Wildman–Crippen LogP) is 4.77. The van der Waals surface area contributed by atoms with Crippen LogP contribution < -0.4 is 0 Å². The summed E-state index contributed by atoms with van der Waals surface area (Å²) in [6.45, 7) is 1.08. The van der Waals surface area contributed by atoms with Gasteiger partial charge in [-0.3, -0.25) is 9.59 Å². The Balaban J connectivity index is 2.37. The monoisotopic (exact) mass is 322 g/mol. The Morgan fingerprint density at radius 1 is 0.955 bits per heavy atom. The summed E-state index contributed by atoms with van der Waals surface area (Å²) in [6.07, 6.45) is -3.81. The van der Waals surface area contributed by atoms with E-state index >= 15 is 0 Å². The Morgan fingerprint density at radius 2 is 1.55 bits per heavy atom. The highest BCUT2D eigenvalue weighted by Crippen LogP contribution is 2.27. The highest BCUT2D eigenvalue weighted by molar-refractivity contribution is 6.30. The lowest BCUT2D eigenvalue weighted by molar-refractivity contribution is 0.0865. The first-order chi connectivity index (χ1) is 10.4. The number of hydrogen-bond donors (Lipinski definition) is 0. The molecule has 0 N–H and O–H groups in total. The quantitative estimate of drug-likeness (QED) is 0.743. The Labute approximate surface area is 131 Å². The lowest BCUT2D eigenvalue weighted by Gasteiger charge is -2.13. The number of hydrogen-bond acceptors (Lipinski definition) is 2. The van der Waals surface area contributed by atoms with Gasteiger partial charge in [-0.25, -0.2) is 8.78 Å². The molecule has 114 valence electrons. The van der Waals surface area contributed by atoms with Gasteiger partial charge in [0, 0.05) is 21.7 Å². The van der Waals surface area contributed by atoms with E-state index in [1.807, 2.05) is 0 Å². The number of alkyl halides is 2. The molecule has 0 saturated heterocycles. The zero-order chi connectivity index (χ0) is 16.3. The molecule has 0 amide bonds. The van der Waals surface area contributed by atoms with E-state index in [9.17, 15) is 18.4 Å². The van der Waals surface area contributed by atoms with Crippen molar-refractivity contribution in [1.82, 2.24) is 0 Å². The minimum Gasteiger partial charge on any atom is -0.291 e. The van der Waals surface area contributed by atoms with E-state index in [0.29, 0.717) is 5.02 Å². The van der Waals surface area contributed by atoms with Crippen molar-refractivity contribution in [2.45, 2.75) is 19.3 Å². The van der Waals surface area contributed by atoms with E-state index in [0.717, 1.165) is 6.92 Å². The summed E-state index contributed by atoms with van der Waals surface area (Å²) in [7, 11) is 0. The average molecular weight is 323 g/mol. The molecule has 0 bridgehead atoms. The van der Waals surface area contributed by atoms with E-state index in [4.69, 9.17) is 11.6 Å². The number of Topliss-reactive ketones (excluding diaryl/α,β-unsaturated/α-hetero) is 2. The van der Waals surface area contributed by atoms with Crippen LogP contribution in [0.25, 0.3) is 0 Å². The maximum atomic E-state index is 14.5. The summed E-state index contributed by atoms with van der Waals surface area (Å²) in [4.78, 5) is 24.0. The molecule has 2 nitrogen and oxygen atoms in total. The van der Waals surface area contributed by atoms with Crippen LogP contribution in [0.1, 0.15) is 39.4 Å². The van der Waals surface area contributed by atoms with Crippen molar-refractivity contribution in [3.63, 3.8) is 0 Å². The zero-order valence-corrected chi connectivity index (χ0v) is 12.5. The molecule has 2 rings (SSSR count). The van der Waals surface area contributed by atoms with Gasteiger partial charge in [0.1, 0.15) is 0 Å². The van der Waals surface area contributed by atoms with Crippen molar-refractivity contribution >= 4 is 23.2 Å². The molecule has 0 heterocycles. The second kappa shape index (κ2) is 6.79. The zero-order valence-electron chi connectivity index (χ0n) is 11.7. The van der Waals surface area contributed by atoms with Crippen LogP contribution >= 0.6 is 11.6 Å². The number of rotatable bonds is 5. The molecule has 0 saturated carbocycles. The fourth-order valence-electron chi connectivity index (χ4n) is 2.06. The molecule has 0 aliphatic rings. The van der Waals surface area contributed by atoms with Gasteiger partial charge in [0.25, 0.3) is 0 Å². The highest BCUT2D eigenvalue weighted by Gasteiger charge is 2.27. The van der Waals surface area contributed by atoms with Crippen molar-refractivity contribution in [3.8, 4) is 0 Å². The van der Waals surface area contributed by atoms with Gasteiger partial charge in [0.15, 0.2) is 18.1 Å². The van der Waals surface area contributed by atoms with Crippen molar-refractivity contribution in [2.24, 2.45) is 0 Å². The molecule has 0 radical (unpaired) electrons. The van der Waals surface area contributed by atoms with Gasteiger partial charge in [0.2, 0.25) is 5.78 Å². The second-order valence-corrected chi connectivity index (χ2v) is 5.24. The number of halogens is 3. The number of carbonyl (C=O) groups excluding carboxylic acids is 2. The molecule has 0 aliphatic carbocycles. The fourth-order valence-corrected chi connectivity index (χ4v) is 2.18. The van der Waals surface area contributed by atoms with Crippen LogP contribution in [0, 0.1) is 0 Å². The fraction of sp³-hybridized carbons (Fsp3) is 0.176. The van der Waals surface area contributed by atoms with Crippen molar-refractivity contribution in [1.29, 1.82) is 0 Å². The summed E-state index contributed by atoms with van der Waals surface area (Å²) in [5.41, 5.74) is -0.114. The van der Waals surface area contributed by atoms with Gasteiger partial charge in [0.05, 0.1) is 0 Å². The normalized spacial score (nSPS) is 13.5. The molecule has 0 spiro atoms. The third-order valence-electron chi connectivity index (χ3n) is 3.22. The standard InChI is InChI=1S/C17H13ClF2O2/c1-10(19)16(21)14-5-3-2-4-13(14)15(20)17(22)11-6-8-12(18)9-7-11/h2-10,15H,1H3/t10-,15-/m1/s1. The smallest absolute Gasteiger partial charge is 0.201 e. The summed E-state index contributed by atoms with van der Waals surface area (Å²) in [6, 6.07) is 11.4. The van der Waals surface area contributed by atoms with Crippen LogP contribution in [0.5, 0.6) is 0 Å². The van der Waals surface area contributed by atoms with Crippen molar-refractivity contribution < 1.29 is 18.4 Å². The van der Waals surface area contributed by atoms with Gasteiger partial charge >= 0.3 is 0 Å². The molecule has 22 heavy (non-hydrogen) atoms. The van der Waals surface area contributed by atoms with E-state index in [1.54, 1.807) is 0 Å². The van der Waals surface area contributed by atoms with Crippen molar-refractivity contribution in [3.05, 3.63) is 70.2 Å². The van der Waals surface area contributed by atoms with Gasteiger partial charge < -0.3 is 0 Å². The first-order valence-electron chi connectivity index (χ1n) is 6.63. The summed E-state index contributed by atoms with van der Waals surface area (Å²) in [5, 5.41) is 0.425. The number of carbonyl (C=O) groups is 2. The van der Waals surface area contributed by atoms with E-state index in [1.165, 1.54) is 48.5 Å². The van der Waals surface area contributed by atoms with Gasteiger partial charge in [-0.1, -0.05) is 35.9 Å².